The van der Waals surface area contributed by atoms with Gasteiger partial charge in [0.15, 0.2) is 0 Å². The molecule has 0 spiro atoms. The van der Waals surface area contributed by atoms with Gasteiger partial charge in [-0.3, -0.25) is 9.59 Å². The van der Waals surface area contributed by atoms with E-state index < -0.39 is 0 Å². The van der Waals surface area contributed by atoms with Crippen molar-refractivity contribution in [3.05, 3.63) is 0 Å². The second-order valence-electron chi connectivity index (χ2n) is 5.05. The summed E-state index contributed by atoms with van der Waals surface area (Å²) in [4.78, 5) is 24.3. The lowest BCUT2D eigenvalue weighted by Crippen LogP contribution is -2.33. The third-order valence-corrected chi connectivity index (χ3v) is 3.75. The van der Waals surface area contributed by atoms with Crippen molar-refractivity contribution in [3.8, 4) is 0 Å². The normalized spacial score (nSPS) is 32.5. The van der Waals surface area contributed by atoms with Crippen LogP contribution in [0.3, 0.4) is 0 Å². The molecule has 0 aromatic carbocycles. The van der Waals surface area contributed by atoms with Gasteiger partial charge in [-0.2, -0.15) is 0 Å². The summed E-state index contributed by atoms with van der Waals surface area (Å²) < 4.78 is 0. The number of ketones is 1. The van der Waals surface area contributed by atoms with Crippen LogP contribution >= 0.6 is 0 Å². The molecule has 0 unspecified atom stereocenters. The van der Waals surface area contributed by atoms with Gasteiger partial charge in [0.05, 0.1) is 0 Å². The predicted octanol–water partition coefficient (Wildman–Crippen LogP) is 1.61. The van der Waals surface area contributed by atoms with E-state index >= 15 is 0 Å². The number of hydrogen-bond donors (Lipinski definition) is 0. The molecule has 1 aliphatic carbocycles. The Morgan fingerprint density at radius 2 is 1.87 bits per heavy atom. The molecule has 3 nitrogen and oxygen atoms in total. The van der Waals surface area contributed by atoms with Crippen LogP contribution in [0.4, 0.5) is 0 Å². The van der Waals surface area contributed by atoms with E-state index in [4.69, 9.17) is 0 Å². The summed E-state index contributed by atoms with van der Waals surface area (Å²) in [7, 11) is 0. The van der Waals surface area contributed by atoms with Gasteiger partial charge in [-0.05, 0) is 24.7 Å². The molecule has 0 aromatic rings. The second kappa shape index (κ2) is 4.33. The molecule has 2 rings (SSSR count). The summed E-state index contributed by atoms with van der Waals surface area (Å²) in [5.74, 6) is 1.04. The fraction of sp³-hybridized carbons (Fsp3) is 0.833. The topological polar surface area (TPSA) is 37.4 Å². The van der Waals surface area contributed by atoms with Crippen LogP contribution in [-0.2, 0) is 9.59 Å². The van der Waals surface area contributed by atoms with Crippen molar-refractivity contribution in [2.75, 3.05) is 13.1 Å². The van der Waals surface area contributed by atoms with Crippen molar-refractivity contribution in [3.63, 3.8) is 0 Å². The molecule has 3 heteroatoms. The summed E-state index contributed by atoms with van der Waals surface area (Å²) in [5, 5.41) is 0. The number of rotatable bonds is 2. The maximum absolute atomic E-state index is 11.4. The predicted molar refractivity (Wildman–Crippen MR) is 57.3 cm³/mol. The van der Waals surface area contributed by atoms with E-state index in [1.54, 1.807) is 4.90 Å². The van der Waals surface area contributed by atoms with Crippen LogP contribution in [-0.4, -0.2) is 29.7 Å². The molecule has 0 N–H and O–H groups in total. The van der Waals surface area contributed by atoms with E-state index in [-0.39, 0.29) is 11.7 Å². The highest BCUT2D eigenvalue weighted by molar-refractivity contribution is 6.37. The van der Waals surface area contributed by atoms with Crippen molar-refractivity contribution in [1.82, 2.24) is 4.90 Å². The van der Waals surface area contributed by atoms with Gasteiger partial charge in [0.1, 0.15) is 0 Å². The average Bonchev–Trinajstić information content (AvgIpc) is 2.53. The minimum atomic E-state index is -0.242. The lowest BCUT2D eigenvalue weighted by molar-refractivity contribution is -0.140. The molecule has 1 amide bonds. The van der Waals surface area contributed by atoms with Crippen molar-refractivity contribution >= 4 is 11.7 Å². The summed E-state index contributed by atoms with van der Waals surface area (Å²) in [6.45, 7) is 3.77. The number of carbonyl (C=O) groups excluding carboxylic acids is 2. The molecule has 2 aliphatic rings. The number of hydrogen-bond acceptors (Lipinski definition) is 2. The Hall–Kier alpha value is -0.860. The number of amides is 1. The minimum Gasteiger partial charge on any atom is -0.335 e. The molecule has 0 atom stereocenters. The third kappa shape index (κ3) is 2.39. The van der Waals surface area contributed by atoms with Gasteiger partial charge >= 0.3 is 0 Å². The zero-order valence-electron chi connectivity index (χ0n) is 9.37. The quantitative estimate of drug-likeness (QED) is 0.648. The van der Waals surface area contributed by atoms with Gasteiger partial charge in [-0.15, -0.1) is 0 Å². The molecule has 0 aromatic heterocycles. The van der Waals surface area contributed by atoms with Crippen molar-refractivity contribution < 1.29 is 9.59 Å². The number of nitrogens with zero attached hydrogens (tertiary/aromatic N) is 1. The molecule has 84 valence electrons. The number of carbonyl (C=O) groups is 2. The first kappa shape index (κ1) is 10.7. The second-order valence-corrected chi connectivity index (χ2v) is 5.05. The molecule has 0 radical (unpaired) electrons. The van der Waals surface area contributed by atoms with E-state index in [0.29, 0.717) is 18.9 Å². The lowest BCUT2D eigenvalue weighted by Gasteiger charge is -2.29. The molecule has 15 heavy (non-hydrogen) atoms. The summed E-state index contributed by atoms with van der Waals surface area (Å²) in [6, 6.07) is 0. The average molecular weight is 209 g/mol. The first-order valence-electron chi connectivity index (χ1n) is 5.99. The lowest BCUT2D eigenvalue weighted by atomic mass is 9.83. The van der Waals surface area contributed by atoms with Gasteiger partial charge in [-0.25, -0.2) is 0 Å². The Balaban J connectivity index is 1.82. The Kier molecular flexibility index (Phi) is 3.08. The van der Waals surface area contributed by atoms with Gasteiger partial charge in [0.2, 0.25) is 5.78 Å². The van der Waals surface area contributed by atoms with Gasteiger partial charge in [0.25, 0.3) is 5.91 Å². The van der Waals surface area contributed by atoms with Crippen LogP contribution < -0.4 is 0 Å². The Morgan fingerprint density at radius 3 is 2.40 bits per heavy atom. The standard InChI is InChI=1S/C12H19NO2/c1-9-2-4-10(5-3-9)8-13-7-6-11(14)12(13)15/h9-10H,2-8H2,1H3. The fourth-order valence-corrected chi connectivity index (χ4v) is 2.62. The highest BCUT2D eigenvalue weighted by Gasteiger charge is 2.31. The Bertz CT molecular complexity index is 267. The van der Waals surface area contributed by atoms with Crippen molar-refractivity contribution in [2.45, 2.75) is 39.0 Å². The van der Waals surface area contributed by atoms with Crippen LogP contribution in [0.5, 0.6) is 0 Å². The van der Waals surface area contributed by atoms with E-state index in [1.807, 2.05) is 0 Å². The first-order chi connectivity index (χ1) is 7.16. The molecular weight excluding hydrogens is 190 g/mol. The van der Waals surface area contributed by atoms with E-state index in [0.717, 1.165) is 12.5 Å². The molecular formula is C12H19NO2. The summed E-state index contributed by atoms with van der Waals surface area (Å²) in [5.41, 5.74) is 0. The maximum atomic E-state index is 11.4. The monoisotopic (exact) mass is 209 g/mol. The van der Waals surface area contributed by atoms with Crippen molar-refractivity contribution in [2.24, 2.45) is 11.8 Å². The molecule has 1 saturated carbocycles. The molecule has 1 heterocycles. The van der Waals surface area contributed by atoms with Crippen LogP contribution in [0.15, 0.2) is 0 Å². The van der Waals surface area contributed by atoms with Gasteiger partial charge in [0, 0.05) is 19.5 Å². The SMILES string of the molecule is CC1CCC(CN2CCC(=O)C2=O)CC1. The smallest absolute Gasteiger partial charge is 0.290 e. The van der Waals surface area contributed by atoms with E-state index in [2.05, 4.69) is 6.92 Å². The van der Waals surface area contributed by atoms with Crippen LogP contribution in [0, 0.1) is 11.8 Å². The fourth-order valence-electron chi connectivity index (χ4n) is 2.62. The molecule has 2 fully saturated rings. The van der Waals surface area contributed by atoms with Crippen molar-refractivity contribution in [1.29, 1.82) is 0 Å². The highest BCUT2D eigenvalue weighted by atomic mass is 16.2. The first-order valence-corrected chi connectivity index (χ1v) is 5.99. The number of likely N-dealkylation sites (tertiary alicyclic amines) is 1. The van der Waals surface area contributed by atoms with E-state index in [9.17, 15) is 9.59 Å². The highest BCUT2D eigenvalue weighted by Crippen LogP contribution is 2.29. The summed E-state index contributed by atoms with van der Waals surface area (Å²) in [6.07, 6.45) is 5.43. The minimum absolute atomic E-state index is 0.195. The van der Waals surface area contributed by atoms with Crippen LogP contribution in [0.25, 0.3) is 0 Å². The summed E-state index contributed by atoms with van der Waals surface area (Å²) >= 11 is 0. The van der Waals surface area contributed by atoms with Gasteiger partial charge in [-0.1, -0.05) is 19.8 Å². The molecule has 0 bridgehead atoms. The van der Waals surface area contributed by atoms with Gasteiger partial charge < -0.3 is 4.90 Å². The Labute approximate surface area is 90.8 Å². The van der Waals surface area contributed by atoms with Crippen LogP contribution in [0.2, 0.25) is 0 Å². The zero-order valence-corrected chi connectivity index (χ0v) is 9.37. The number of Topliss-reactive ketones (excluding diaryl/α,β-unsaturated/α-hetero) is 1. The maximum Gasteiger partial charge on any atom is 0.290 e. The Morgan fingerprint density at radius 1 is 1.20 bits per heavy atom. The zero-order chi connectivity index (χ0) is 10.8. The molecule has 1 saturated heterocycles. The molecule has 1 aliphatic heterocycles. The van der Waals surface area contributed by atoms with E-state index in [1.165, 1.54) is 25.7 Å². The van der Waals surface area contributed by atoms with Crippen LogP contribution in [0.1, 0.15) is 39.0 Å². The largest absolute Gasteiger partial charge is 0.335 e. The third-order valence-electron chi connectivity index (χ3n) is 3.75.